The summed E-state index contributed by atoms with van der Waals surface area (Å²) in [6.45, 7) is 0. The Labute approximate surface area is 117 Å². The first-order valence-corrected chi connectivity index (χ1v) is 7.82. The maximum atomic E-state index is 12.2. The van der Waals surface area contributed by atoms with Gasteiger partial charge in [0.1, 0.15) is 5.75 Å². The van der Waals surface area contributed by atoms with Crippen molar-refractivity contribution in [2.45, 2.75) is 29.9 Å². The maximum Gasteiger partial charge on any atom is 0.332 e. The summed E-state index contributed by atoms with van der Waals surface area (Å²) in [7, 11) is -1.99. The van der Waals surface area contributed by atoms with E-state index in [4.69, 9.17) is 14.6 Å². The Morgan fingerprint density at radius 3 is 2.50 bits per heavy atom. The number of methoxy groups -OCH3 is 1. The summed E-state index contributed by atoms with van der Waals surface area (Å²) in [4.78, 5) is 10.9. The van der Waals surface area contributed by atoms with Crippen LogP contribution >= 0.6 is 0 Å². The number of carbonyl (C=O) groups is 1. The van der Waals surface area contributed by atoms with Gasteiger partial charge in [-0.1, -0.05) is 0 Å². The molecule has 0 bridgehead atoms. The van der Waals surface area contributed by atoms with Crippen LogP contribution in [-0.4, -0.2) is 44.6 Å². The van der Waals surface area contributed by atoms with Gasteiger partial charge in [-0.05, 0) is 37.1 Å². The fraction of sp³-hybridized carbons (Fsp3) is 0.462. The number of aliphatic carboxylic acids is 1. The quantitative estimate of drug-likeness (QED) is 0.876. The molecular formula is C13H16O6S. The minimum absolute atomic E-state index is 0.181. The zero-order valence-corrected chi connectivity index (χ0v) is 11.8. The predicted molar refractivity (Wildman–Crippen MR) is 70.6 cm³/mol. The van der Waals surface area contributed by atoms with Gasteiger partial charge >= 0.3 is 5.97 Å². The Morgan fingerprint density at radius 2 is 2.00 bits per heavy atom. The summed E-state index contributed by atoms with van der Waals surface area (Å²) < 4.78 is 34.6. The van der Waals surface area contributed by atoms with Crippen molar-refractivity contribution < 1.29 is 27.8 Å². The van der Waals surface area contributed by atoms with Crippen molar-refractivity contribution in [2.75, 3.05) is 12.9 Å². The van der Waals surface area contributed by atoms with Gasteiger partial charge in [-0.3, -0.25) is 0 Å². The van der Waals surface area contributed by atoms with Crippen LogP contribution in [0.1, 0.15) is 12.8 Å². The fourth-order valence-corrected chi connectivity index (χ4v) is 3.61. The van der Waals surface area contributed by atoms with Gasteiger partial charge < -0.3 is 14.6 Å². The summed E-state index contributed by atoms with van der Waals surface area (Å²) in [5, 5.41) is 8.82. The van der Waals surface area contributed by atoms with Gasteiger partial charge in [-0.2, -0.15) is 0 Å². The molecule has 2 rings (SSSR count). The molecule has 1 fully saturated rings. The fourth-order valence-electron chi connectivity index (χ4n) is 2.13. The third-order valence-electron chi connectivity index (χ3n) is 3.21. The third kappa shape index (κ3) is 3.29. The van der Waals surface area contributed by atoms with Crippen molar-refractivity contribution in [3.63, 3.8) is 0 Å². The van der Waals surface area contributed by atoms with Gasteiger partial charge in [0.15, 0.2) is 15.9 Å². The number of hydrogen-bond donors (Lipinski definition) is 1. The first-order chi connectivity index (χ1) is 9.42. The highest BCUT2D eigenvalue weighted by Gasteiger charge is 2.33. The van der Waals surface area contributed by atoms with Crippen molar-refractivity contribution in [1.29, 1.82) is 0 Å². The predicted octanol–water partition coefficient (Wildman–Crippen LogP) is 1.10. The summed E-state index contributed by atoms with van der Waals surface area (Å²) in [5.74, 6) is -0.676. The second kappa shape index (κ2) is 5.80. The summed E-state index contributed by atoms with van der Waals surface area (Å²) >= 11 is 0. The number of ether oxygens (including phenoxy) is 2. The lowest BCUT2D eigenvalue weighted by Gasteiger charge is -2.12. The van der Waals surface area contributed by atoms with Gasteiger partial charge in [-0.25, -0.2) is 13.2 Å². The molecule has 20 heavy (non-hydrogen) atoms. The Kier molecular flexibility index (Phi) is 4.29. The third-order valence-corrected chi connectivity index (χ3v) is 5.01. The van der Waals surface area contributed by atoms with Crippen LogP contribution in [0.5, 0.6) is 5.75 Å². The van der Waals surface area contributed by atoms with E-state index in [-0.39, 0.29) is 10.6 Å². The largest absolute Gasteiger partial charge is 0.497 e. The van der Waals surface area contributed by atoms with Crippen LogP contribution in [0.4, 0.5) is 0 Å². The zero-order valence-electron chi connectivity index (χ0n) is 11.0. The normalized spacial score (nSPS) is 22.6. The van der Waals surface area contributed by atoms with Crippen LogP contribution in [0.25, 0.3) is 0 Å². The van der Waals surface area contributed by atoms with Crippen molar-refractivity contribution in [3.05, 3.63) is 24.3 Å². The van der Waals surface area contributed by atoms with Crippen LogP contribution in [0.15, 0.2) is 29.2 Å². The average Bonchev–Trinajstić information content (AvgIpc) is 2.87. The lowest BCUT2D eigenvalue weighted by molar-refractivity contribution is -0.148. The Bertz CT molecular complexity index is 577. The van der Waals surface area contributed by atoms with Gasteiger partial charge in [0.05, 0.1) is 23.9 Å². The number of hydrogen-bond acceptors (Lipinski definition) is 5. The van der Waals surface area contributed by atoms with E-state index in [0.29, 0.717) is 18.6 Å². The minimum atomic E-state index is -3.49. The van der Waals surface area contributed by atoms with Gasteiger partial charge in [0.25, 0.3) is 0 Å². The maximum absolute atomic E-state index is 12.2. The molecule has 7 heteroatoms. The van der Waals surface area contributed by atoms with E-state index in [1.807, 2.05) is 0 Å². The molecular weight excluding hydrogens is 284 g/mol. The topological polar surface area (TPSA) is 89.9 Å². The molecule has 0 radical (unpaired) electrons. The van der Waals surface area contributed by atoms with Crippen molar-refractivity contribution >= 4 is 15.8 Å². The molecule has 1 aromatic carbocycles. The van der Waals surface area contributed by atoms with Gasteiger partial charge in [0.2, 0.25) is 0 Å². The van der Waals surface area contributed by atoms with E-state index < -0.39 is 28.0 Å². The monoisotopic (exact) mass is 300 g/mol. The molecule has 1 aliphatic rings. The molecule has 0 aromatic heterocycles. The SMILES string of the molecule is COc1ccc(S(=O)(=O)CC2CCC(C(=O)O)O2)cc1. The van der Waals surface area contributed by atoms with E-state index in [2.05, 4.69) is 0 Å². The molecule has 110 valence electrons. The molecule has 2 atom stereocenters. The Balaban J connectivity index is 2.06. The van der Waals surface area contributed by atoms with Crippen molar-refractivity contribution in [3.8, 4) is 5.75 Å². The van der Waals surface area contributed by atoms with Crippen LogP contribution < -0.4 is 4.74 Å². The number of carboxylic acids is 1. The lowest BCUT2D eigenvalue weighted by Crippen LogP contribution is -2.25. The van der Waals surface area contributed by atoms with Crippen LogP contribution in [0, 0.1) is 0 Å². The van der Waals surface area contributed by atoms with Gasteiger partial charge in [0, 0.05) is 0 Å². The number of carboxylic acid groups (broad SMARTS) is 1. The number of benzene rings is 1. The summed E-state index contributed by atoms with van der Waals surface area (Å²) in [6.07, 6.45) is -0.681. The highest BCUT2D eigenvalue weighted by Crippen LogP contribution is 2.24. The Morgan fingerprint density at radius 1 is 1.35 bits per heavy atom. The highest BCUT2D eigenvalue weighted by atomic mass is 32.2. The van der Waals surface area contributed by atoms with E-state index in [1.165, 1.54) is 19.2 Å². The van der Waals surface area contributed by atoms with E-state index >= 15 is 0 Å². The standard InChI is InChI=1S/C13H16O6S/c1-18-9-2-5-11(6-3-9)20(16,17)8-10-4-7-12(19-10)13(14)15/h2-3,5-6,10,12H,4,7-8H2,1H3,(H,14,15). The van der Waals surface area contributed by atoms with E-state index in [1.54, 1.807) is 12.1 Å². The van der Waals surface area contributed by atoms with Crippen LogP contribution in [-0.2, 0) is 19.4 Å². The molecule has 2 unspecified atom stereocenters. The first-order valence-electron chi connectivity index (χ1n) is 6.17. The van der Waals surface area contributed by atoms with E-state index in [9.17, 15) is 13.2 Å². The summed E-state index contributed by atoms with van der Waals surface area (Å²) in [5.41, 5.74) is 0. The van der Waals surface area contributed by atoms with Gasteiger partial charge in [-0.15, -0.1) is 0 Å². The highest BCUT2D eigenvalue weighted by molar-refractivity contribution is 7.91. The average molecular weight is 300 g/mol. The molecule has 0 spiro atoms. The minimum Gasteiger partial charge on any atom is -0.497 e. The van der Waals surface area contributed by atoms with Crippen molar-refractivity contribution in [1.82, 2.24) is 0 Å². The molecule has 6 nitrogen and oxygen atoms in total. The molecule has 1 saturated heterocycles. The van der Waals surface area contributed by atoms with Crippen molar-refractivity contribution in [2.24, 2.45) is 0 Å². The van der Waals surface area contributed by atoms with Crippen LogP contribution in [0.2, 0.25) is 0 Å². The Hall–Kier alpha value is -1.60. The molecule has 0 aliphatic carbocycles. The van der Waals surface area contributed by atoms with Crippen LogP contribution in [0.3, 0.4) is 0 Å². The molecule has 1 N–H and O–H groups in total. The second-order valence-electron chi connectivity index (χ2n) is 4.62. The number of rotatable bonds is 5. The second-order valence-corrected chi connectivity index (χ2v) is 6.65. The molecule has 1 aromatic rings. The summed E-state index contributed by atoms with van der Waals surface area (Å²) in [6, 6.07) is 6.08. The molecule has 1 heterocycles. The molecule has 0 saturated carbocycles. The zero-order chi connectivity index (χ0) is 14.8. The molecule has 1 aliphatic heterocycles. The number of sulfone groups is 1. The lowest BCUT2D eigenvalue weighted by atomic mass is 10.2. The first kappa shape index (κ1) is 14.8. The smallest absolute Gasteiger partial charge is 0.332 e. The molecule has 0 amide bonds. The van der Waals surface area contributed by atoms with E-state index in [0.717, 1.165) is 0 Å².